The van der Waals surface area contributed by atoms with Crippen LogP contribution in [0.15, 0.2) is 18.6 Å². The second-order valence-corrected chi connectivity index (χ2v) is 4.17. The Kier molecular flexibility index (Phi) is 5.05. The number of nitrogens with zero attached hydrogens (tertiary/aromatic N) is 5. The molecule has 0 amide bonds. The van der Waals surface area contributed by atoms with E-state index in [9.17, 15) is 0 Å². The fourth-order valence-corrected chi connectivity index (χ4v) is 1.80. The zero-order valence-electron chi connectivity index (χ0n) is 11.4. The first-order chi connectivity index (χ1) is 9.33. The standard InChI is InChI=1S/C12H20N6O/c1-3-18-12(14-10-15-18)9-17-6-4-11(16-17)8-13-5-7-19-2/h4,6,10,13H,3,5,7-9H2,1-2H3. The second-order valence-electron chi connectivity index (χ2n) is 4.17. The van der Waals surface area contributed by atoms with Gasteiger partial charge in [-0.3, -0.25) is 4.68 Å². The molecule has 0 aliphatic carbocycles. The van der Waals surface area contributed by atoms with Gasteiger partial charge in [-0.2, -0.15) is 10.2 Å². The Balaban J connectivity index is 1.87. The van der Waals surface area contributed by atoms with Crippen molar-refractivity contribution in [3.8, 4) is 0 Å². The van der Waals surface area contributed by atoms with Crippen LogP contribution in [0, 0.1) is 0 Å². The van der Waals surface area contributed by atoms with Crippen LogP contribution in [0.5, 0.6) is 0 Å². The van der Waals surface area contributed by atoms with Gasteiger partial charge < -0.3 is 10.1 Å². The average molecular weight is 264 g/mol. The van der Waals surface area contributed by atoms with Crippen molar-refractivity contribution in [3.05, 3.63) is 30.1 Å². The minimum Gasteiger partial charge on any atom is -0.383 e. The molecule has 7 heteroatoms. The molecule has 0 radical (unpaired) electrons. The molecule has 104 valence electrons. The molecule has 0 saturated heterocycles. The summed E-state index contributed by atoms with van der Waals surface area (Å²) >= 11 is 0. The summed E-state index contributed by atoms with van der Waals surface area (Å²) < 4.78 is 8.73. The highest BCUT2D eigenvalue weighted by Crippen LogP contribution is 2.00. The van der Waals surface area contributed by atoms with E-state index < -0.39 is 0 Å². The fourth-order valence-electron chi connectivity index (χ4n) is 1.80. The van der Waals surface area contributed by atoms with Gasteiger partial charge in [-0.1, -0.05) is 0 Å². The van der Waals surface area contributed by atoms with Crippen LogP contribution in [0.4, 0.5) is 0 Å². The number of nitrogens with one attached hydrogen (secondary N) is 1. The molecule has 0 spiro atoms. The predicted octanol–water partition coefficient (Wildman–Crippen LogP) is 0.279. The van der Waals surface area contributed by atoms with Crippen LogP contribution in [0.25, 0.3) is 0 Å². The van der Waals surface area contributed by atoms with Crippen LogP contribution < -0.4 is 5.32 Å². The van der Waals surface area contributed by atoms with Crippen molar-refractivity contribution in [2.24, 2.45) is 0 Å². The van der Waals surface area contributed by atoms with Crippen LogP contribution in [0.2, 0.25) is 0 Å². The predicted molar refractivity (Wildman–Crippen MR) is 70.6 cm³/mol. The van der Waals surface area contributed by atoms with Gasteiger partial charge >= 0.3 is 0 Å². The lowest BCUT2D eigenvalue weighted by Crippen LogP contribution is -2.19. The first kappa shape index (κ1) is 13.7. The SMILES string of the molecule is CCn1ncnc1Cn1ccc(CNCCOC)n1. The third-order valence-corrected chi connectivity index (χ3v) is 2.78. The number of rotatable bonds is 8. The molecular formula is C12H20N6O. The van der Waals surface area contributed by atoms with Gasteiger partial charge in [0, 0.05) is 32.9 Å². The summed E-state index contributed by atoms with van der Waals surface area (Å²) in [5, 5.41) is 11.9. The van der Waals surface area contributed by atoms with Crippen LogP contribution in [-0.4, -0.2) is 44.8 Å². The highest BCUT2D eigenvalue weighted by molar-refractivity contribution is 5.00. The van der Waals surface area contributed by atoms with Crippen molar-refractivity contribution in [1.29, 1.82) is 0 Å². The summed E-state index contributed by atoms with van der Waals surface area (Å²) in [4.78, 5) is 4.24. The van der Waals surface area contributed by atoms with E-state index in [1.165, 1.54) is 0 Å². The molecule has 2 heterocycles. The maximum absolute atomic E-state index is 4.97. The molecule has 0 atom stereocenters. The van der Waals surface area contributed by atoms with Crippen molar-refractivity contribution >= 4 is 0 Å². The molecule has 0 unspecified atom stereocenters. The first-order valence-electron chi connectivity index (χ1n) is 6.42. The molecule has 0 aromatic carbocycles. The van der Waals surface area contributed by atoms with Gasteiger partial charge in [0.25, 0.3) is 0 Å². The molecule has 0 fully saturated rings. The molecule has 0 aliphatic rings. The quantitative estimate of drug-likeness (QED) is 0.693. The van der Waals surface area contributed by atoms with Crippen molar-refractivity contribution in [3.63, 3.8) is 0 Å². The lowest BCUT2D eigenvalue weighted by molar-refractivity contribution is 0.199. The van der Waals surface area contributed by atoms with E-state index in [1.807, 2.05) is 28.6 Å². The van der Waals surface area contributed by atoms with Gasteiger partial charge in [-0.05, 0) is 13.0 Å². The fraction of sp³-hybridized carbons (Fsp3) is 0.583. The lowest BCUT2D eigenvalue weighted by Gasteiger charge is -2.03. The van der Waals surface area contributed by atoms with Crippen molar-refractivity contribution < 1.29 is 4.74 Å². The van der Waals surface area contributed by atoms with Gasteiger partial charge in [-0.25, -0.2) is 9.67 Å². The van der Waals surface area contributed by atoms with Crippen LogP contribution in [-0.2, 0) is 24.4 Å². The Labute approximate surface area is 112 Å². The third kappa shape index (κ3) is 3.87. The molecule has 2 aromatic rings. The molecule has 2 rings (SSSR count). The van der Waals surface area contributed by atoms with Gasteiger partial charge in [0.1, 0.15) is 18.7 Å². The normalized spacial score (nSPS) is 11.1. The third-order valence-electron chi connectivity index (χ3n) is 2.78. The first-order valence-corrected chi connectivity index (χ1v) is 6.42. The van der Waals surface area contributed by atoms with E-state index in [4.69, 9.17) is 4.74 Å². The Morgan fingerprint density at radius 1 is 1.42 bits per heavy atom. The Hall–Kier alpha value is -1.73. The number of methoxy groups -OCH3 is 1. The van der Waals surface area contributed by atoms with E-state index in [0.717, 1.165) is 31.2 Å². The van der Waals surface area contributed by atoms with E-state index in [0.29, 0.717) is 13.2 Å². The summed E-state index contributed by atoms with van der Waals surface area (Å²) in [6, 6.07) is 2.01. The molecule has 0 aliphatic heterocycles. The summed E-state index contributed by atoms with van der Waals surface area (Å²) in [6.07, 6.45) is 3.54. The zero-order valence-corrected chi connectivity index (χ0v) is 11.4. The Morgan fingerprint density at radius 3 is 3.11 bits per heavy atom. The minimum absolute atomic E-state index is 0.645. The van der Waals surface area contributed by atoms with E-state index in [1.54, 1.807) is 13.4 Å². The van der Waals surface area contributed by atoms with Crippen LogP contribution in [0.3, 0.4) is 0 Å². The Bertz CT molecular complexity index is 492. The number of aromatic nitrogens is 5. The monoisotopic (exact) mass is 264 g/mol. The molecule has 0 saturated carbocycles. The smallest absolute Gasteiger partial charge is 0.148 e. The maximum atomic E-state index is 4.97. The van der Waals surface area contributed by atoms with Gasteiger partial charge in [0.15, 0.2) is 0 Å². The van der Waals surface area contributed by atoms with Crippen LogP contribution >= 0.6 is 0 Å². The minimum atomic E-state index is 0.645. The average Bonchev–Trinajstić information content (AvgIpc) is 3.04. The number of ether oxygens (including phenoxy) is 1. The van der Waals surface area contributed by atoms with Crippen molar-refractivity contribution in [2.75, 3.05) is 20.3 Å². The van der Waals surface area contributed by atoms with E-state index in [2.05, 4.69) is 20.5 Å². The topological polar surface area (TPSA) is 69.8 Å². The maximum Gasteiger partial charge on any atom is 0.148 e. The Morgan fingerprint density at radius 2 is 2.32 bits per heavy atom. The second kappa shape index (κ2) is 7.01. The van der Waals surface area contributed by atoms with Crippen molar-refractivity contribution in [2.45, 2.75) is 26.6 Å². The van der Waals surface area contributed by atoms with Crippen LogP contribution in [0.1, 0.15) is 18.4 Å². The number of hydrogen-bond donors (Lipinski definition) is 1. The summed E-state index contributed by atoms with van der Waals surface area (Å²) in [7, 11) is 1.69. The largest absolute Gasteiger partial charge is 0.383 e. The zero-order chi connectivity index (χ0) is 13.5. The lowest BCUT2D eigenvalue weighted by atomic mass is 10.4. The van der Waals surface area contributed by atoms with Gasteiger partial charge in [0.2, 0.25) is 0 Å². The molecule has 0 bridgehead atoms. The summed E-state index contributed by atoms with van der Waals surface area (Å²) in [5.41, 5.74) is 1.01. The van der Waals surface area contributed by atoms with Crippen molar-refractivity contribution in [1.82, 2.24) is 29.9 Å². The molecule has 1 N–H and O–H groups in total. The molecular weight excluding hydrogens is 244 g/mol. The molecule has 19 heavy (non-hydrogen) atoms. The van der Waals surface area contributed by atoms with Gasteiger partial charge in [0.05, 0.1) is 12.3 Å². The number of aryl methyl sites for hydroxylation is 1. The summed E-state index contributed by atoms with van der Waals surface area (Å²) in [6.45, 7) is 5.80. The highest BCUT2D eigenvalue weighted by Gasteiger charge is 2.05. The summed E-state index contributed by atoms with van der Waals surface area (Å²) in [5.74, 6) is 0.921. The van der Waals surface area contributed by atoms with Gasteiger partial charge in [-0.15, -0.1) is 0 Å². The van der Waals surface area contributed by atoms with E-state index >= 15 is 0 Å². The molecule has 2 aromatic heterocycles. The number of hydrogen-bond acceptors (Lipinski definition) is 5. The highest BCUT2D eigenvalue weighted by atomic mass is 16.5. The molecule has 7 nitrogen and oxygen atoms in total. The van der Waals surface area contributed by atoms with E-state index in [-0.39, 0.29) is 0 Å².